The molecular weight excluding hydrogens is 340 g/mol. The molecule has 2 atom stereocenters. The molecule has 0 spiro atoms. The number of nitrogens with zero attached hydrogens (tertiary/aromatic N) is 1. The van der Waals surface area contributed by atoms with Crippen LogP contribution in [0.25, 0.3) is 0 Å². The van der Waals surface area contributed by atoms with Gasteiger partial charge in [-0.05, 0) is 54.7 Å². The van der Waals surface area contributed by atoms with Crippen molar-refractivity contribution in [2.45, 2.75) is 37.9 Å². The number of fused-ring (bicyclic) bond motifs is 2. The predicted octanol–water partition coefficient (Wildman–Crippen LogP) is 3.02. The minimum Gasteiger partial charge on any atom is -0.493 e. The molecule has 1 fully saturated rings. The summed E-state index contributed by atoms with van der Waals surface area (Å²) in [6.45, 7) is 1.93. The first kappa shape index (κ1) is 17.9. The number of ether oxygens (including phenoxy) is 2. The first-order chi connectivity index (χ1) is 13.2. The Morgan fingerprint density at radius 2 is 1.78 bits per heavy atom. The number of hydrogen-bond donors (Lipinski definition) is 1. The third-order valence-corrected chi connectivity index (χ3v) is 5.74. The summed E-state index contributed by atoms with van der Waals surface area (Å²) >= 11 is 0. The van der Waals surface area contributed by atoms with Crippen molar-refractivity contribution in [3.8, 4) is 11.5 Å². The van der Waals surface area contributed by atoms with Crippen molar-refractivity contribution in [1.29, 1.82) is 0 Å². The van der Waals surface area contributed by atoms with Crippen molar-refractivity contribution in [1.82, 2.24) is 10.2 Å². The van der Waals surface area contributed by atoms with Crippen molar-refractivity contribution in [2.75, 3.05) is 20.8 Å². The lowest BCUT2D eigenvalue weighted by molar-refractivity contribution is 0.0822. The molecule has 5 nitrogen and oxygen atoms in total. The fraction of sp³-hybridized carbons (Fsp3) is 0.409. The molecule has 0 saturated carbocycles. The maximum absolute atomic E-state index is 12.5. The van der Waals surface area contributed by atoms with Crippen LogP contribution in [0.3, 0.4) is 0 Å². The normalized spacial score (nSPS) is 21.7. The third kappa shape index (κ3) is 3.65. The van der Waals surface area contributed by atoms with Gasteiger partial charge in [-0.15, -0.1) is 0 Å². The summed E-state index contributed by atoms with van der Waals surface area (Å²) in [7, 11) is 3.35. The van der Waals surface area contributed by atoms with Gasteiger partial charge in [0.1, 0.15) is 0 Å². The zero-order valence-electron chi connectivity index (χ0n) is 15.9. The Bertz CT molecular complexity index is 822. The lowest BCUT2D eigenvalue weighted by Crippen LogP contribution is -2.52. The molecule has 4 rings (SSSR count). The number of piperidine rings is 1. The van der Waals surface area contributed by atoms with Crippen LogP contribution in [-0.2, 0) is 13.0 Å². The van der Waals surface area contributed by atoms with E-state index in [-0.39, 0.29) is 11.9 Å². The Morgan fingerprint density at radius 3 is 2.48 bits per heavy atom. The van der Waals surface area contributed by atoms with E-state index in [0.29, 0.717) is 6.04 Å². The molecule has 2 unspecified atom stereocenters. The summed E-state index contributed by atoms with van der Waals surface area (Å²) in [5.74, 6) is 1.60. The standard InChI is InChI=1S/C22H26N2O3/c1-26-20-11-16-10-19-13-18(23-22(25)15-6-4-3-5-7-15)8-9-24(19)14-17(16)12-21(20)27-2/h3-7,11-12,18-19H,8-10,13-14H2,1-2H3,(H,23,25). The molecule has 2 heterocycles. The quantitative estimate of drug-likeness (QED) is 0.904. The highest BCUT2D eigenvalue weighted by Gasteiger charge is 2.33. The van der Waals surface area contributed by atoms with E-state index in [1.54, 1.807) is 14.2 Å². The van der Waals surface area contributed by atoms with E-state index >= 15 is 0 Å². The Balaban J connectivity index is 1.46. The number of rotatable bonds is 4. The van der Waals surface area contributed by atoms with Crippen LogP contribution in [0.15, 0.2) is 42.5 Å². The molecule has 0 radical (unpaired) electrons. The Kier molecular flexibility index (Phi) is 5.03. The number of benzene rings is 2. The summed E-state index contributed by atoms with van der Waals surface area (Å²) in [6.07, 6.45) is 2.94. The number of hydrogen-bond acceptors (Lipinski definition) is 4. The van der Waals surface area contributed by atoms with Crippen LogP contribution in [-0.4, -0.2) is 43.7 Å². The average molecular weight is 366 g/mol. The van der Waals surface area contributed by atoms with Gasteiger partial charge in [-0.3, -0.25) is 9.69 Å². The maximum Gasteiger partial charge on any atom is 0.251 e. The number of methoxy groups -OCH3 is 2. The van der Waals surface area contributed by atoms with E-state index in [4.69, 9.17) is 9.47 Å². The molecule has 5 heteroatoms. The molecular formula is C22H26N2O3. The monoisotopic (exact) mass is 366 g/mol. The molecule has 142 valence electrons. The van der Waals surface area contributed by atoms with Crippen molar-refractivity contribution in [3.63, 3.8) is 0 Å². The maximum atomic E-state index is 12.5. The lowest BCUT2D eigenvalue weighted by Gasteiger charge is -2.43. The van der Waals surface area contributed by atoms with E-state index in [2.05, 4.69) is 22.3 Å². The smallest absolute Gasteiger partial charge is 0.251 e. The fourth-order valence-electron chi connectivity index (χ4n) is 4.28. The summed E-state index contributed by atoms with van der Waals surface area (Å²) < 4.78 is 10.9. The zero-order valence-corrected chi connectivity index (χ0v) is 15.9. The van der Waals surface area contributed by atoms with Gasteiger partial charge in [-0.1, -0.05) is 18.2 Å². The minimum absolute atomic E-state index is 0.0247. The molecule has 0 bridgehead atoms. The van der Waals surface area contributed by atoms with Crippen LogP contribution in [0.4, 0.5) is 0 Å². The first-order valence-electron chi connectivity index (χ1n) is 9.51. The molecule has 2 aromatic rings. The van der Waals surface area contributed by atoms with Gasteiger partial charge in [0.05, 0.1) is 14.2 Å². The number of carbonyl (C=O) groups is 1. The van der Waals surface area contributed by atoms with E-state index in [1.807, 2.05) is 30.3 Å². The molecule has 1 saturated heterocycles. The van der Waals surface area contributed by atoms with Gasteiger partial charge < -0.3 is 14.8 Å². The highest BCUT2D eigenvalue weighted by atomic mass is 16.5. The number of amides is 1. The molecule has 0 aliphatic carbocycles. The lowest BCUT2D eigenvalue weighted by atomic mass is 9.86. The summed E-state index contributed by atoms with van der Waals surface area (Å²) in [5.41, 5.74) is 3.37. The second kappa shape index (κ2) is 7.61. The molecule has 1 N–H and O–H groups in total. The van der Waals surface area contributed by atoms with E-state index in [9.17, 15) is 4.79 Å². The van der Waals surface area contributed by atoms with Crippen LogP contribution in [0.2, 0.25) is 0 Å². The molecule has 2 aliphatic rings. The SMILES string of the molecule is COc1cc2c(cc1OC)CN1CCC(NC(=O)c3ccccc3)CC1C2. The van der Waals surface area contributed by atoms with Gasteiger partial charge in [0.25, 0.3) is 5.91 Å². The average Bonchev–Trinajstić information content (AvgIpc) is 2.71. The van der Waals surface area contributed by atoms with Crippen LogP contribution in [0, 0.1) is 0 Å². The fourth-order valence-corrected chi connectivity index (χ4v) is 4.28. The van der Waals surface area contributed by atoms with Crippen LogP contribution in [0.5, 0.6) is 11.5 Å². The van der Waals surface area contributed by atoms with Crippen LogP contribution < -0.4 is 14.8 Å². The Hall–Kier alpha value is -2.53. The van der Waals surface area contributed by atoms with Crippen LogP contribution in [0.1, 0.15) is 34.3 Å². The summed E-state index contributed by atoms with van der Waals surface area (Å²) in [4.78, 5) is 15.0. The highest BCUT2D eigenvalue weighted by molar-refractivity contribution is 5.94. The Morgan fingerprint density at radius 1 is 1.07 bits per heavy atom. The van der Waals surface area contributed by atoms with Gasteiger partial charge in [0.2, 0.25) is 0 Å². The van der Waals surface area contributed by atoms with Gasteiger partial charge in [0.15, 0.2) is 11.5 Å². The van der Waals surface area contributed by atoms with Crippen molar-refractivity contribution in [3.05, 3.63) is 59.2 Å². The van der Waals surface area contributed by atoms with Gasteiger partial charge in [-0.2, -0.15) is 0 Å². The van der Waals surface area contributed by atoms with Gasteiger partial charge in [-0.25, -0.2) is 0 Å². The van der Waals surface area contributed by atoms with E-state index in [1.165, 1.54) is 11.1 Å². The van der Waals surface area contributed by atoms with Crippen molar-refractivity contribution in [2.24, 2.45) is 0 Å². The highest BCUT2D eigenvalue weighted by Crippen LogP contribution is 2.36. The summed E-state index contributed by atoms with van der Waals surface area (Å²) in [6, 6.07) is 14.3. The van der Waals surface area contributed by atoms with Gasteiger partial charge in [0, 0.05) is 30.7 Å². The molecule has 2 aliphatic heterocycles. The predicted molar refractivity (Wildman–Crippen MR) is 104 cm³/mol. The number of nitrogens with one attached hydrogen (secondary N) is 1. The molecule has 0 aromatic heterocycles. The first-order valence-corrected chi connectivity index (χ1v) is 9.51. The van der Waals surface area contributed by atoms with Gasteiger partial charge >= 0.3 is 0 Å². The van der Waals surface area contributed by atoms with Crippen molar-refractivity contribution < 1.29 is 14.3 Å². The molecule has 2 aromatic carbocycles. The third-order valence-electron chi connectivity index (χ3n) is 5.74. The zero-order chi connectivity index (χ0) is 18.8. The topological polar surface area (TPSA) is 50.8 Å². The number of carbonyl (C=O) groups excluding carboxylic acids is 1. The van der Waals surface area contributed by atoms with Crippen LogP contribution >= 0.6 is 0 Å². The van der Waals surface area contributed by atoms with E-state index < -0.39 is 0 Å². The second-order valence-corrected chi connectivity index (χ2v) is 7.37. The summed E-state index contributed by atoms with van der Waals surface area (Å²) in [5, 5.41) is 3.22. The van der Waals surface area contributed by atoms with E-state index in [0.717, 1.165) is 49.4 Å². The molecule has 1 amide bonds. The Labute approximate surface area is 160 Å². The van der Waals surface area contributed by atoms with Crippen molar-refractivity contribution >= 4 is 5.91 Å². The molecule has 27 heavy (non-hydrogen) atoms. The largest absolute Gasteiger partial charge is 0.493 e. The minimum atomic E-state index is 0.0247. The second-order valence-electron chi connectivity index (χ2n) is 7.37.